The SMILES string of the molecule is CN=C(NCc1ccc(N2CCCC2)nc1)N(C)Cc1ccccc1C.I. The van der Waals surface area contributed by atoms with Gasteiger partial charge < -0.3 is 15.1 Å². The molecule has 0 aliphatic carbocycles. The Balaban J connectivity index is 0.00000261. The molecule has 2 aromatic rings. The van der Waals surface area contributed by atoms with E-state index in [1.54, 1.807) is 0 Å². The summed E-state index contributed by atoms with van der Waals surface area (Å²) >= 11 is 0. The number of benzene rings is 1. The van der Waals surface area contributed by atoms with Crippen LogP contribution in [0.2, 0.25) is 0 Å². The first-order valence-corrected chi connectivity index (χ1v) is 9.33. The monoisotopic (exact) mass is 479 g/mol. The van der Waals surface area contributed by atoms with Crippen LogP contribution in [0, 0.1) is 6.92 Å². The van der Waals surface area contributed by atoms with Crippen LogP contribution < -0.4 is 10.2 Å². The first kappa shape index (κ1) is 21.5. The van der Waals surface area contributed by atoms with Gasteiger partial charge in [-0.2, -0.15) is 0 Å². The van der Waals surface area contributed by atoms with Gasteiger partial charge in [-0.05, 0) is 42.5 Å². The summed E-state index contributed by atoms with van der Waals surface area (Å²) in [7, 11) is 3.89. The molecule has 1 N–H and O–H groups in total. The van der Waals surface area contributed by atoms with Crippen LogP contribution in [0.3, 0.4) is 0 Å². The second-order valence-electron chi connectivity index (χ2n) is 6.90. The van der Waals surface area contributed by atoms with Crippen molar-refractivity contribution >= 4 is 35.8 Å². The predicted octanol–water partition coefficient (Wildman–Crippen LogP) is 3.82. The average molecular weight is 479 g/mol. The molecule has 2 heterocycles. The van der Waals surface area contributed by atoms with Crippen molar-refractivity contribution in [3.05, 3.63) is 59.3 Å². The molecule has 1 aromatic carbocycles. The van der Waals surface area contributed by atoms with Crippen molar-refractivity contribution in [3.8, 4) is 0 Å². The zero-order valence-electron chi connectivity index (χ0n) is 16.5. The fourth-order valence-corrected chi connectivity index (χ4v) is 3.34. The predicted molar refractivity (Wildman–Crippen MR) is 124 cm³/mol. The molecule has 5 nitrogen and oxygen atoms in total. The summed E-state index contributed by atoms with van der Waals surface area (Å²) in [5.41, 5.74) is 3.78. The minimum Gasteiger partial charge on any atom is -0.357 e. The molecule has 0 amide bonds. The molecule has 0 unspecified atom stereocenters. The van der Waals surface area contributed by atoms with Crippen LogP contribution in [-0.4, -0.2) is 43.0 Å². The first-order chi connectivity index (χ1) is 12.7. The van der Waals surface area contributed by atoms with E-state index in [0.717, 1.165) is 38.0 Å². The van der Waals surface area contributed by atoms with Gasteiger partial charge >= 0.3 is 0 Å². The van der Waals surface area contributed by atoms with Gasteiger partial charge in [0.15, 0.2) is 5.96 Å². The van der Waals surface area contributed by atoms with Crippen molar-refractivity contribution in [1.82, 2.24) is 15.2 Å². The lowest BCUT2D eigenvalue weighted by atomic mass is 10.1. The van der Waals surface area contributed by atoms with Gasteiger partial charge in [0.1, 0.15) is 5.82 Å². The molecule has 0 atom stereocenters. The van der Waals surface area contributed by atoms with Gasteiger partial charge in [-0.25, -0.2) is 4.98 Å². The Morgan fingerprint density at radius 1 is 1.19 bits per heavy atom. The molecular weight excluding hydrogens is 449 g/mol. The number of nitrogens with one attached hydrogen (secondary N) is 1. The number of hydrogen-bond donors (Lipinski definition) is 1. The number of aliphatic imine (C=N–C) groups is 1. The van der Waals surface area contributed by atoms with E-state index >= 15 is 0 Å². The second kappa shape index (κ2) is 10.5. The van der Waals surface area contributed by atoms with E-state index in [4.69, 9.17) is 0 Å². The Labute approximate surface area is 179 Å². The summed E-state index contributed by atoms with van der Waals surface area (Å²) in [5, 5.41) is 3.44. The summed E-state index contributed by atoms with van der Waals surface area (Å²) in [6.45, 7) is 5.95. The Morgan fingerprint density at radius 3 is 2.56 bits per heavy atom. The standard InChI is InChI=1S/C21H29N5.HI/c1-17-8-4-5-9-19(17)16-25(3)21(22-2)24-15-18-10-11-20(23-14-18)26-12-6-7-13-26;/h4-5,8-11,14H,6-7,12-13,15-16H2,1-3H3,(H,22,24);1H. The molecule has 0 saturated carbocycles. The van der Waals surface area contributed by atoms with Gasteiger partial charge in [-0.3, -0.25) is 4.99 Å². The maximum absolute atomic E-state index is 4.62. The number of guanidine groups is 1. The van der Waals surface area contributed by atoms with Crippen LogP contribution in [0.15, 0.2) is 47.6 Å². The third-order valence-corrected chi connectivity index (χ3v) is 4.93. The number of nitrogens with zero attached hydrogens (tertiary/aromatic N) is 4. The van der Waals surface area contributed by atoms with E-state index in [1.807, 2.05) is 13.2 Å². The third-order valence-electron chi connectivity index (χ3n) is 4.93. The summed E-state index contributed by atoms with van der Waals surface area (Å²) in [6, 6.07) is 12.8. The van der Waals surface area contributed by atoms with Crippen molar-refractivity contribution in [1.29, 1.82) is 0 Å². The van der Waals surface area contributed by atoms with E-state index in [1.165, 1.54) is 29.5 Å². The smallest absolute Gasteiger partial charge is 0.193 e. The number of anilines is 1. The lowest BCUT2D eigenvalue weighted by Gasteiger charge is -2.23. The van der Waals surface area contributed by atoms with Gasteiger partial charge in [0.05, 0.1) is 0 Å². The molecule has 1 aliphatic heterocycles. The topological polar surface area (TPSA) is 43.8 Å². The minimum absolute atomic E-state index is 0. The van der Waals surface area contributed by atoms with Gasteiger partial charge in [-0.1, -0.05) is 30.3 Å². The van der Waals surface area contributed by atoms with Crippen LogP contribution in [0.25, 0.3) is 0 Å². The first-order valence-electron chi connectivity index (χ1n) is 9.33. The number of aryl methyl sites for hydroxylation is 1. The molecule has 1 aliphatic rings. The lowest BCUT2D eigenvalue weighted by Crippen LogP contribution is -2.38. The number of pyridine rings is 1. The Morgan fingerprint density at radius 2 is 1.93 bits per heavy atom. The number of aromatic nitrogens is 1. The van der Waals surface area contributed by atoms with E-state index in [0.29, 0.717) is 0 Å². The molecule has 1 aromatic heterocycles. The van der Waals surface area contributed by atoms with E-state index in [-0.39, 0.29) is 24.0 Å². The van der Waals surface area contributed by atoms with Gasteiger partial charge in [0.25, 0.3) is 0 Å². The molecule has 146 valence electrons. The summed E-state index contributed by atoms with van der Waals surface area (Å²) in [4.78, 5) is 13.5. The van der Waals surface area contributed by atoms with Gasteiger partial charge in [-0.15, -0.1) is 24.0 Å². The minimum atomic E-state index is 0. The highest BCUT2D eigenvalue weighted by Gasteiger charge is 2.13. The molecular formula is C21H30IN5. The fourth-order valence-electron chi connectivity index (χ4n) is 3.34. The Hall–Kier alpha value is -1.83. The van der Waals surface area contributed by atoms with Gasteiger partial charge in [0.2, 0.25) is 0 Å². The second-order valence-corrected chi connectivity index (χ2v) is 6.90. The third kappa shape index (κ3) is 5.82. The Kier molecular flexibility index (Phi) is 8.34. The maximum atomic E-state index is 4.62. The zero-order chi connectivity index (χ0) is 18.4. The molecule has 6 heteroatoms. The van der Waals surface area contributed by atoms with Crippen molar-refractivity contribution in [3.63, 3.8) is 0 Å². The normalized spacial score (nSPS) is 14.0. The van der Waals surface area contributed by atoms with Crippen LogP contribution in [0.5, 0.6) is 0 Å². The van der Waals surface area contributed by atoms with E-state index in [9.17, 15) is 0 Å². The van der Waals surface area contributed by atoms with Crippen molar-refractivity contribution in [2.24, 2.45) is 4.99 Å². The highest BCUT2D eigenvalue weighted by molar-refractivity contribution is 14.0. The van der Waals surface area contributed by atoms with E-state index in [2.05, 4.69) is 75.5 Å². The Bertz CT molecular complexity index is 738. The van der Waals surface area contributed by atoms with Gasteiger partial charge in [0, 0.05) is 46.5 Å². The van der Waals surface area contributed by atoms with Crippen LogP contribution in [-0.2, 0) is 13.1 Å². The van der Waals surface area contributed by atoms with E-state index < -0.39 is 0 Å². The van der Waals surface area contributed by atoms with Crippen molar-refractivity contribution < 1.29 is 0 Å². The molecule has 1 saturated heterocycles. The highest BCUT2D eigenvalue weighted by Crippen LogP contribution is 2.17. The van der Waals surface area contributed by atoms with Crippen molar-refractivity contribution in [2.75, 3.05) is 32.1 Å². The lowest BCUT2D eigenvalue weighted by molar-refractivity contribution is 0.475. The molecule has 0 bridgehead atoms. The highest BCUT2D eigenvalue weighted by atomic mass is 127. The van der Waals surface area contributed by atoms with Crippen LogP contribution in [0.1, 0.15) is 29.5 Å². The summed E-state index contributed by atoms with van der Waals surface area (Å²) in [5.74, 6) is 1.98. The maximum Gasteiger partial charge on any atom is 0.193 e. The quantitative estimate of drug-likeness (QED) is 0.403. The van der Waals surface area contributed by atoms with Crippen LogP contribution >= 0.6 is 24.0 Å². The number of hydrogen-bond acceptors (Lipinski definition) is 3. The molecule has 0 spiro atoms. The fraction of sp³-hybridized carbons (Fsp3) is 0.429. The summed E-state index contributed by atoms with van der Waals surface area (Å²) < 4.78 is 0. The average Bonchev–Trinajstić information content (AvgIpc) is 3.19. The molecule has 1 fully saturated rings. The number of rotatable bonds is 5. The van der Waals surface area contributed by atoms with Crippen molar-refractivity contribution in [2.45, 2.75) is 32.9 Å². The number of halogens is 1. The van der Waals surface area contributed by atoms with Crippen LogP contribution in [0.4, 0.5) is 5.82 Å². The molecule has 27 heavy (non-hydrogen) atoms. The molecule has 0 radical (unpaired) electrons. The zero-order valence-corrected chi connectivity index (χ0v) is 18.8. The largest absolute Gasteiger partial charge is 0.357 e. The summed E-state index contributed by atoms with van der Waals surface area (Å²) in [6.07, 6.45) is 4.51. The molecule has 3 rings (SSSR count).